The number of hydrogen-bond donors (Lipinski definition) is 1. The summed E-state index contributed by atoms with van der Waals surface area (Å²) in [5, 5.41) is 3.03. The van der Waals surface area contributed by atoms with Gasteiger partial charge in [0.25, 0.3) is 5.56 Å². The number of nitrogens with zero attached hydrogens (tertiary/aromatic N) is 2. The van der Waals surface area contributed by atoms with Gasteiger partial charge in [0.15, 0.2) is 0 Å². The van der Waals surface area contributed by atoms with Gasteiger partial charge < -0.3 is 5.32 Å². The van der Waals surface area contributed by atoms with E-state index in [9.17, 15) is 18.8 Å². The minimum atomic E-state index is -0.654. The molecule has 0 aliphatic carbocycles. The van der Waals surface area contributed by atoms with E-state index >= 15 is 0 Å². The Hall–Kier alpha value is -3.22. The molecule has 0 aliphatic heterocycles. The molecule has 0 fully saturated rings. The molecule has 0 unspecified atom stereocenters. The maximum Gasteiger partial charge on any atom is 0.336 e. The molecule has 134 valence electrons. The van der Waals surface area contributed by atoms with Gasteiger partial charge in [-0.05, 0) is 50.2 Å². The number of carbonyl (C=O) groups excluding carboxylic acids is 1. The van der Waals surface area contributed by atoms with E-state index in [1.54, 1.807) is 24.3 Å². The fraction of sp³-hybridized carbons (Fsp3) is 0.211. The van der Waals surface area contributed by atoms with Crippen molar-refractivity contribution >= 4 is 16.8 Å². The molecule has 0 saturated carbocycles. The normalized spacial score (nSPS) is 11.1. The summed E-state index contributed by atoms with van der Waals surface area (Å²) >= 11 is 0. The standard InChI is InChI=1S/C19H18FN3O3/c1-12(2)21-17(24)11-22-16-6-4-3-5-15(16)18(25)23(19(22)26)14-9-7-13(20)8-10-14/h3-10,12H,11H2,1-2H3,(H,21,24). The van der Waals surface area contributed by atoms with Crippen molar-refractivity contribution in [2.45, 2.75) is 26.4 Å². The van der Waals surface area contributed by atoms with Crippen LogP contribution in [0.25, 0.3) is 16.6 Å². The van der Waals surface area contributed by atoms with E-state index in [4.69, 9.17) is 0 Å². The Morgan fingerprint density at radius 1 is 1.08 bits per heavy atom. The summed E-state index contributed by atoms with van der Waals surface area (Å²) in [6.45, 7) is 3.41. The van der Waals surface area contributed by atoms with Crippen LogP contribution in [-0.4, -0.2) is 21.1 Å². The molecule has 1 amide bonds. The number of benzene rings is 2. The third-order valence-electron chi connectivity index (χ3n) is 3.89. The number of nitrogens with one attached hydrogen (secondary N) is 1. The first-order valence-electron chi connectivity index (χ1n) is 8.18. The van der Waals surface area contributed by atoms with Crippen molar-refractivity contribution < 1.29 is 9.18 Å². The SMILES string of the molecule is CC(C)NC(=O)Cn1c(=O)n(-c2ccc(F)cc2)c(=O)c2ccccc21. The number of fused-ring (bicyclic) bond motifs is 1. The van der Waals surface area contributed by atoms with Crippen LogP contribution in [-0.2, 0) is 11.3 Å². The molecule has 7 heteroatoms. The minimum absolute atomic E-state index is 0.0764. The number of carbonyl (C=O) groups is 1. The van der Waals surface area contributed by atoms with Crippen molar-refractivity contribution in [1.29, 1.82) is 0 Å². The van der Waals surface area contributed by atoms with Crippen LogP contribution in [0.3, 0.4) is 0 Å². The predicted molar refractivity (Wildman–Crippen MR) is 97.0 cm³/mol. The smallest absolute Gasteiger partial charge is 0.336 e. The predicted octanol–water partition coefficient (Wildman–Crippen LogP) is 1.82. The van der Waals surface area contributed by atoms with Crippen molar-refractivity contribution in [2.24, 2.45) is 0 Å². The van der Waals surface area contributed by atoms with Crippen molar-refractivity contribution in [3.63, 3.8) is 0 Å². The average Bonchev–Trinajstić information content (AvgIpc) is 2.60. The van der Waals surface area contributed by atoms with Crippen molar-refractivity contribution in [3.05, 3.63) is 75.2 Å². The topological polar surface area (TPSA) is 73.1 Å². The van der Waals surface area contributed by atoms with Crippen LogP contribution >= 0.6 is 0 Å². The Morgan fingerprint density at radius 2 is 1.73 bits per heavy atom. The Morgan fingerprint density at radius 3 is 2.38 bits per heavy atom. The van der Waals surface area contributed by atoms with Gasteiger partial charge in [-0.2, -0.15) is 0 Å². The average molecular weight is 355 g/mol. The van der Waals surface area contributed by atoms with Gasteiger partial charge >= 0.3 is 5.69 Å². The monoisotopic (exact) mass is 355 g/mol. The van der Waals surface area contributed by atoms with E-state index in [2.05, 4.69) is 5.32 Å². The molecule has 0 atom stereocenters. The second kappa shape index (κ2) is 6.95. The first-order chi connectivity index (χ1) is 12.4. The number of halogens is 1. The highest BCUT2D eigenvalue weighted by Crippen LogP contribution is 2.10. The fourth-order valence-corrected chi connectivity index (χ4v) is 2.80. The van der Waals surface area contributed by atoms with Crippen LogP contribution < -0.4 is 16.6 Å². The lowest BCUT2D eigenvalue weighted by atomic mass is 10.2. The van der Waals surface area contributed by atoms with E-state index in [0.29, 0.717) is 10.9 Å². The highest BCUT2D eigenvalue weighted by Gasteiger charge is 2.16. The first-order valence-corrected chi connectivity index (χ1v) is 8.18. The highest BCUT2D eigenvalue weighted by molar-refractivity contribution is 5.82. The van der Waals surface area contributed by atoms with Gasteiger partial charge in [0.1, 0.15) is 12.4 Å². The van der Waals surface area contributed by atoms with Crippen LogP contribution in [0.15, 0.2) is 58.1 Å². The first kappa shape index (κ1) is 17.6. The largest absolute Gasteiger partial charge is 0.352 e. The minimum Gasteiger partial charge on any atom is -0.352 e. The van der Waals surface area contributed by atoms with Crippen LogP contribution in [0.5, 0.6) is 0 Å². The van der Waals surface area contributed by atoms with Crippen LogP contribution in [0, 0.1) is 5.82 Å². The van der Waals surface area contributed by atoms with E-state index < -0.39 is 17.1 Å². The Labute approximate surface area is 148 Å². The van der Waals surface area contributed by atoms with Crippen molar-refractivity contribution in [1.82, 2.24) is 14.5 Å². The van der Waals surface area contributed by atoms with Crippen LogP contribution in [0.1, 0.15) is 13.8 Å². The van der Waals surface area contributed by atoms with E-state index in [1.165, 1.54) is 28.8 Å². The Balaban J connectivity index is 2.26. The fourth-order valence-electron chi connectivity index (χ4n) is 2.80. The molecule has 0 saturated heterocycles. The molecule has 1 heterocycles. The van der Waals surface area contributed by atoms with Crippen molar-refractivity contribution in [3.8, 4) is 5.69 Å². The number of hydrogen-bond acceptors (Lipinski definition) is 3. The van der Waals surface area contributed by atoms with E-state index in [0.717, 1.165) is 4.57 Å². The van der Waals surface area contributed by atoms with E-state index in [1.807, 2.05) is 13.8 Å². The highest BCUT2D eigenvalue weighted by atomic mass is 19.1. The summed E-state index contributed by atoms with van der Waals surface area (Å²) in [5.74, 6) is -0.809. The zero-order chi connectivity index (χ0) is 18.8. The second-order valence-electron chi connectivity index (χ2n) is 6.23. The summed E-state index contributed by atoms with van der Waals surface area (Å²) in [6.07, 6.45) is 0. The van der Waals surface area contributed by atoms with Gasteiger partial charge in [-0.25, -0.2) is 13.8 Å². The molecule has 3 aromatic rings. The third kappa shape index (κ3) is 3.28. The maximum absolute atomic E-state index is 13.2. The van der Waals surface area contributed by atoms with E-state index in [-0.39, 0.29) is 24.2 Å². The molecule has 1 N–H and O–H groups in total. The Kier molecular flexibility index (Phi) is 4.71. The zero-order valence-corrected chi connectivity index (χ0v) is 14.4. The quantitative estimate of drug-likeness (QED) is 0.776. The molecule has 26 heavy (non-hydrogen) atoms. The molecule has 0 radical (unpaired) electrons. The maximum atomic E-state index is 13.2. The molecular formula is C19H18FN3O3. The summed E-state index contributed by atoms with van der Waals surface area (Å²) in [6, 6.07) is 11.6. The molecule has 0 aliphatic rings. The molecule has 0 spiro atoms. The summed E-state index contributed by atoms with van der Waals surface area (Å²) in [5.41, 5.74) is -0.554. The van der Waals surface area contributed by atoms with Gasteiger partial charge in [0, 0.05) is 6.04 Å². The van der Waals surface area contributed by atoms with Crippen LogP contribution in [0.2, 0.25) is 0 Å². The zero-order valence-electron chi connectivity index (χ0n) is 14.4. The lowest BCUT2D eigenvalue weighted by Crippen LogP contribution is -2.42. The second-order valence-corrected chi connectivity index (χ2v) is 6.23. The van der Waals surface area contributed by atoms with Gasteiger partial charge in [-0.3, -0.25) is 14.2 Å². The summed E-state index contributed by atoms with van der Waals surface area (Å²) in [7, 11) is 0. The lowest BCUT2D eigenvalue weighted by Gasteiger charge is -2.15. The molecule has 1 aromatic heterocycles. The number of para-hydroxylation sites is 1. The van der Waals surface area contributed by atoms with Gasteiger partial charge in [0.2, 0.25) is 5.91 Å². The molecule has 2 aromatic carbocycles. The summed E-state index contributed by atoms with van der Waals surface area (Å²) in [4.78, 5) is 38.0. The number of rotatable bonds is 4. The van der Waals surface area contributed by atoms with Gasteiger partial charge in [-0.1, -0.05) is 12.1 Å². The number of aromatic nitrogens is 2. The molecular weight excluding hydrogens is 337 g/mol. The molecule has 3 rings (SSSR count). The van der Waals surface area contributed by atoms with Gasteiger partial charge in [-0.15, -0.1) is 0 Å². The molecule has 0 bridgehead atoms. The van der Waals surface area contributed by atoms with Crippen molar-refractivity contribution in [2.75, 3.05) is 0 Å². The van der Waals surface area contributed by atoms with Gasteiger partial charge in [0.05, 0.1) is 16.6 Å². The Bertz CT molecular complexity index is 1080. The molecule has 6 nitrogen and oxygen atoms in total. The third-order valence-corrected chi connectivity index (χ3v) is 3.89. The number of amides is 1. The lowest BCUT2D eigenvalue weighted by molar-refractivity contribution is -0.122. The van der Waals surface area contributed by atoms with Crippen LogP contribution in [0.4, 0.5) is 4.39 Å². The summed E-state index contributed by atoms with van der Waals surface area (Å²) < 4.78 is 15.4.